The zero-order valence-electron chi connectivity index (χ0n) is 16.0. The Bertz CT molecular complexity index is 1440. The van der Waals surface area contributed by atoms with Crippen LogP contribution in [0, 0.1) is 5.82 Å². The number of hydrogen-bond acceptors (Lipinski definition) is 4. The van der Waals surface area contributed by atoms with Gasteiger partial charge in [-0.3, -0.25) is 4.72 Å². The van der Waals surface area contributed by atoms with E-state index in [0.29, 0.717) is 28.4 Å². The molecule has 31 heavy (non-hydrogen) atoms. The van der Waals surface area contributed by atoms with Crippen LogP contribution in [0.4, 0.5) is 10.2 Å². The maximum absolute atomic E-state index is 13.4. The summed E-state index contributed by atoms with van der Waals surface area (Å²) in [4.78, 5) is 7.67. The van der Waals surface area contributed by atoms with Crippen molar-refractivity contribution in [1.29, 1.82) is 0 Å². The number of hydrogen-bond donors (Lipinski definition) is 2. The van der Waals surface area contributed by atoms with Crippen molar-refractivity contribution >= 4 is 26.8 Å². The molecule has 154 valence electrons. The summed E-state index contributed by atoms with van der Waals surface area (Å²) in [7, 11) is -3.88. The van der Waals surface area contributed by atoms with Gasteiger partial charge in [-0.1, -0.05) is 36.4 Å². The molecule has 0 atom stereocenters. The number of halogens is 1. The van der Waals surface area contributed by atoms with Crippen molar-refractivity contribution in [3.8, 4) is 22.8 Å². The number of furan rings is 1. The summed E-state index contributed by atoms with van der Waals surface area (Å²) in [5.41, 5.74) is 1.65. The number of H-pyrrole nitrogens is 1. The normalized spacial score (nSPS) is 11.6. The highest BCUT2D eigenvalue weighted by Gasteiger charge is 2.22. The van der Waals surface area contributed by atoms with Crippen LogP contribution in [0.2, 0.25) is 0 Å². The van der Waals surface area contributed by atoms with Crippen LogP contribution in [0.1, 0.15) is 0 Å². The third kappa shape index (κ3) is 3.69. The van der Waals surface area contributed by atoms with Gasteiger partial charge in [-0.05, 0) is 48.5 Å². The van der Waals surface area contributed by atoms with Crippen LogP contribution in [0.3, 0.4) is 0 Å². The number of benzene rings is 3. The molecule has 2 heterocycles. The standard InChI is InChI=1S/C23H16FN3O3S/c24-17-12-10-15(11-13-17)21-23(27-31(28,29)18-7-2-1-3-8-18)26-22(25-21)20-14-16-6-4-5-9-19(16)30-20/h1-14,27H,(H,25,26). The highest BCUT2D eigenvalue weighted by Crippen LogP contribution is 2.33. The number of sulfonamides is 1. The van der Waals surface area contributed by atoms with Crippen molar-refractivity contribution in [2.24, 2.45) is 0 Å². The number of rotatable bonds is 5. The second-order valence-electron chi connectivity index (χ2n) is 6.88. The Hall–Kier alpha value is -3.91. The Balaban J connectivity index is 1.62. The van der Waals surface area contributed by atoms with Crippen LogP contribution in [-0.2, 0) is 10.0 Å². The Morgan fingerprint density at radius 3 is 2.35 bits per heavy atom. The van der Waals surface area contributed by atoms with Gasteiger partial charge in [0.05, 0.1) is 10.6 Å². The lowest BCUT2D eigenvalue weighted by Gasteiger charge is -2.07. The van der Waals surface area contributed by atoms with Gasteiger partial charge in [-0.2, -0.15) is 0 Å². The zero-order chi connectivity index (χ0) is 21.4. The summed E-state index contributed by atoms with van der Waals surface area (Å²) in [6.45, 7) is 0. The minimum atomic E-state index is -3.88. The largest absolute Gasteiger partial charge is 0.453 e. The van der Waals surface area contributed by atoms with Gasteiger partial charge in [0.1, 0.15) is 11.4 Å². The molecule has 0 bridgehead atoms. The molecule has 0 fully saturated rings. The smallest absolute Gasteiger partial charge is 0.263 e. The summed E-state index contributed by atoms with van der Waals surface area (Å²) in [5.74, 6) is 0.495. The van der Waals surface area contributed by atoms with Crippen molar-refractivity contribution in [2.45, 2.75) is 4.90 Å². The number of fused-ring (bicyclic) bond motifs is 1. The first-order chi connectivity index (χ1) is 15.0. The third-order valence-corrected chi connectivity index (χ3v) is 6.14. The van der Waals surface area contributed by atoms with E-state index in [1.54, 1.807) is 30.3 Å². The zero-order valence-corrected chi connectivity index (χ0v) is 16.9. The molecule has 5 aromatic rings. The van der Waals surface area contributed by atoms with Crippen LogP contribution in [0.25, 0.3) is 33.8 Å². The molecule has 6 nitrogen and oxygen atoms in total. The molecule has 0 amide bonds. The molecule has 2 N–H and O–H groups in total. The first-order valence-electron chi connectivity index (χ1n) is 9.42. The van der Waals surface area contributed by atoms with E-state index in [1.807, 2.05) is 30.3 Å². The summed E-state index contributed by atoms with van der Waals surface area (Å²) >= 11 is 0. The van der Waals surface area contributed by atoms with Crippen LogP contribution in [0.5, 0.6) is 0 Å². The van der Waals surface area contributed by atoms with Crippen molar-refractivity contribution in [2.75, 3.05) is 4.72 Å². The van der Waals surface area contributed by atoms with Gasteiger partial charge in [-0.15, -0.1) is 0 Å². The fourth-order valence-corrected chi connectivity index (χ4v) is 4.31. The number of anilines is 1. The quantitative estimate of drug-likeness (QED) is 0.387. The monoisotopic (exact) mass is 433 g/mol. The lowest BCUT2D eigenvalue weighted by atomic mass is 10.1. The molecule has 0 radical (unpaired) electrons. The van der Waals surface area contributed by atoms with E-state index < -0.39 is 15.8 Å². The van der Waals surface area contributed by atoms with E-state index in [4.69, 9.17) is 4.42 Å². The number of aromatic amines is 1. The van der Waals surface area contributed by atoms with Gasteiger partial charge < -0.3 is 9.40 Å². The van der Waals surface area contributed by atoms with Crippen molar-refractivity contribution in [1.82, 2.24) is 9.97 Å². The molecule has 3 aromatic carbocycles. The average Bonchev–Trinajstić information content (AvgIpc) is 3.39. The summed E-state index contributed by atoms with van der Waals surface area (Å²) < 4.78 is 47.6. The minimum Gasteiger partial charge on any atom is -0.453 e. The second kappa shape index (κ2) is 7.41. The molecule has 0 saturated heterocycles. The molecule has 5 rings (SSSR count). The van der Waals surface area contributed by atoms with Crippen molar-refractivity contribution in [3.63, 3.8) is 0 Å². The molecule has 0 aliphatic heterocycles. The fraction of sp³-hybridized carbons (Fsp3) is 0. The van der Waals surface area contributed by atoms with E-state index in [9.17, 15) is 12.8 Å². The Morgan fingerprint density at radius 2 is 1.61 bits per heavy atom. The van der Waals surface area contributed by atoms with Gasteiger partial charge >= 0.3 is 0 Å². The van der Waals surface area contributed by atoms with Crippen LogP contribution >= 0.6 is 0 Å². The molecule has 0 aliphatic rings. The maximum Gasteiger partial charge on any atom is 0.263 e. The SMILES string of the molecule is O=S(=O)(Nc1nc(-c2cc3ccccc3o2)[nH]c1-c1ccc(F)cc1)c1ccccc1. The minimum absolute atomic E-state index is 0.0888. The lowest BCUT2D eigenvalue weighted by Crippen LogP contribution is -2.13. The highest BCUT2D eigenvalue weighted by molar-refractivity contribution is 7.92. The van der Waals surface area contributed by atoms with E-state index in [0.717, 1.165) is 5.39 Å². The lowest BCUT2D eigenvalue weighted by molar-refractivity contribution is 0.601. The van der Waals surface area contributed by atoms with E-state index in [2.05, 4.69) is 14.7 Å². The Morgan fingerprint density at radius 1 is 0.903 bits per heavy atom. The van der Waals surface area contributed by atoms with Crippen molar-refractivity contribution in [3.05, 3.63) is 90.7 Å². The average molecular weight is 433 g/mol. The molecule has 0 unspecified atom stereocenters. The molecule has 0 saturated carbocycles. The number of nitrogens with zero attached hydrogens (tertiary/aromatic N) is 1. The van der Waals surface area contributed by atoms with E-state index in [-0.39, 0.29) is 10.7 Å². The Kier molecular flexibility index (Phi) is 4.56. The van der Waals surface area contributed by atoms with E-state index >= 15 is 0 Å². The molecule has 8 heteroatoms. The van der Waals surface area contributed by atoms with Gasteiger partial charge in [0.2, 0.25) is 0 Å². The topological polar surface area (TPSA) is 88.0 Å². The molecule has 2 aromatic heterocycles. The summed E-state index contributed by atoms with van der Waals surface area (Å²) in [6.07, 6.45) is 0. The number of aromatic nitrogens is 2. The predicted octanol–water partition coefficient (Wildman–Crippen LogP) is 5.43. The van der Waals surface area contributed by atoms with Crippen molar-refractivity contribution < 1.29 is 17.2 Å². The Labute approximate surface area is 177 Å². The first-order valence-corrected chi connectivity index (χ1v) is 10.9. The first kappa shape index (κ1) is 19.1. The van der Waals surface area contributed by atoms with Gasteiger partial charge in [0.15, 0.2) is 17.4 Å². The van der Waals surface area contributed by atoms with Gasteiger partial charge in [0, 0.05) is 10.9 Å². The molecule has 0 aliphatic carbocycles. The van der Waals surface area contributed by atoms with Gasteiger partial charge in [-0.25, -0.2) is 17.8 Å². The number of nitrogens with one attached hydrogen (secondary N) is 2. The number of imidazole rings is 1. The maximum atomic E-state index is 13.4. The predicted molar refractivity (Wildman–Crippen MR) is 116 cm³/mol. The summed E-state index contributed by atoms with van der Waals surface area (Å²) in [5, 5.41) is 0.892. The third-order valence-electron chi connectivity index (χ3n) is 4.78. The number of para-hydroxylation sites is 1. The van der Waals surface area contributed by atoms with Crippen LogP contribution in [-0.4, -0.2) is 18.4 Å². The molecular formula is C23H16FN3O3S. The second-order valence-corrected chi connectivity index (χ2v) is 8.57. The van der Waals surface area contributed by atoms with E-state index in [1.165, 1.54) is 24.3 Å². The molecule has 0 spiro atoms. The highest BCUT2D eigenvalue weighted by atomic mass is 32.2. The van der Waals surface area contributed by atoms with Crippen LogP contribution < -0.4 is 4.72 Å². The van der Waals surface area contributed by atoms with Gasteiger partial charge in [0.25, 0.3) is 10.0 Å². The van der Waals surface area contributed by atoms with Crippen LogP contribution in [0.15, 0.2) is 94.2 Å². The molecular weight excluding hydrogens is 417 g/mol. The summed E-state index contributed by atoms with van der Waals surface area (Å²) in [6, 6.07) is 23.0. The fourth-order valence-electron chi connectivity index (χ4n) is 3.27.